The zero-order chi connectivity index (χ0) is 18.7. The number of benzene rings is 1. The summed E-state index contributed by atoms with van der Waals surface area (Å²) in [7, 11) is 0. The first-order valence-electron chi connectivity index (χ1n) is 8.22. The first kappa shape index (κ1) is 18.7. The number of alkyl halides is 3. The Kier molecular flexibility index (Phi) is 5.52. The van der Waals surface area contributed by atoms with Gasteiger partial charge in [-0.25, -0.2) is 8.78 Å². The van der Waals surface area contributed by atoms with Crippen LogP contribution < -0.4 is 0 Å². The van der Waals surface area contributed by atoms with Gasteiger partial charge in [0.15, 0.2) is 0 Å². The minimum absolute atomic E-state index is 0.153. The Morgan fingerprint density at radius 1 is 0.885 bits per heavy atom. The van der Waals surface area contributed by atoms with Crippen molar-refractivity contribution in [3.05, 3.63) is 65.0 Å². The minimum Gasteiger partial charge on any atom is -0.297 e. The van der Waals surface area contributed by atoms with Crippen molar-refractivity contribution >= 4 is 0 Å². The monoisotopic (exact) mass is 371 g/mol. The highest BCUT2D eigenvalue weighted by molar-refractivity contribution is 5.22. The van der Waals surface area contributed by atoms with E-state index in [-0.39, 0.29) is 12.1 Å². The molecule has 1 aromatic carbocycles. The van der Waals surface area contributed by atoms with Gasteiger partial charge >= 0.3 is 6.18 Å². The molecule has 2 heterocycles. The van der Waals surface area contributed by atoms with Gasteiger partial charge in [0.2, 0.25) is 0 Å². The van der Waals surface area contributed by atoms with E-state index in [0.29, 0.717) is 38.3 Å². The first-order chi connectivity index (χ1) is 12.3. The molecule has 0 spiro atoms. The molecule has 3 nitrogen and oxygen atoms in total. The summed E-state index contributed by atoms with van der Waals surface area (Å²) in [5, 5.41) is 0. The summed E-state index contributed by atoms with van der Waals surface area (Å²) in [4.78, 5) is 7.42. The molecule has 0 N–H and O–H groups in total. The van der Waals surface area contributed by atoms with Crippen LogP contribution >= 0.6 is 0 Å². The smallest absolute Gasteiger partial charge is 0.297 e. The average molecular weight is 371 g/mol. The summed E-state index contributed by atoms with van der Waals surface area (Å²) < 4.78 is 65.6. The van der Waals surface area contributed by atoms with Crippen LogP contribution in [0.15, 0.2) is 36.5 Å². The number of hydrogen-bond donors (Lipinski definition) is 0. The second kappa shape index (κ2) is 7.67. The molecule has 1 aromatic heterocycles. The van der Waals surface area contributed by atoms with Crippen molar-refractivity contribution in [3.8, 4) is 0 Å². The third kappa shape index (κ3) is 4.76. The van der Waals surface area contributed by atoms with Gasteiger partial charge in [0, 0.05) is 51.5 Å². The summed E-state index contributed by atoms with van der Waals surface area (Å²) in [6.07, 6.45) is -3.33. The Hall–Kier alpha value is -2.06. The van der Waals surface area contributed by atoms with E-state index in [0.717, 1.165) is 12.3 Å². The van der Waals surface area contributed by atoms with E-state index in [1.807, 2.05) is 9.80 Å². The minimum atomic E-state index is -4.47. The number of rotatable bonds is 4. The molecule has 3 rings (SSSR count). The third-order valence-electron chi connectivity index (χ3n) is 4.35. The van der Waals surface area contributed by atoms with Gasteiger partial charge in [-0.05, 0) is 29.3 Å². The molecule has 0 amide bonds. The van der Waals surface area contributed by atoms with Crippen molar-refractivity contribution in [3.63, 3.8) is 0 Å². The van der Waals surface area contributed by atoms with Crippen LogP contribution in [0.1, 0.15) is 16.8 Å². The van der Waals surface area contributed by atoms with E-state index in [2.05, 4.69) is 4.98 Å². The summed E-state index contributed by atoms with van der Waals surface area (Å²) in [5.74, 6) is -1.23. The zero-order valence-electron chi connectivity index (χ0n) is 13.9. The van der Waals surface area contributed by atoms with Gasteiger partial charge in [0.25, 0.3) is 0 Å². The Balaban J connectivity index is 1.58. The van der Waals surface area contributed by atoms with E-state index in [4.69, 9.17) is 0 Å². The molecule has 0 unspecified atom stereocenters. The van der Waals surface area contributed by atoms with E-state index < -0.39 is 23.5 Å². The number of piperazine rings is 1. The Labute approximate surface area is 148 Å². The fourth-order valence-electron chi connectivity index (χ4n) is 3.13. The molecule has 140 valence electrons. The average Bonchev–Trinajstić information content (AvgIpc) is 2.55. The summed E-state index contributed by atoms with van der Waals surface area (Å²) in [5.41, 5.74) is -0.152. The Morgan fingerprint density at radius 3 is 2.04 bits per heavy atom. The molecule has 0 radical (unpaired) electrons. The van der Waals surface area contributed by atoms with Crippen LogP contribution in [0.5, 0.6) is 0 Å². The number of aromatic nitrogens is 1. The van der Waals surface area contributed by atoms with Gasteiger partial charge in [0.1, 0.15) is 17.3 Å². The lowest BCUT2D eigenvalue weighted by Crippen LogP contribution is -2.45. The first-order valence-corrected chi connectivity index (χ1v) is 8.22. The molecule has 0 atom stereocenters. The Morgan fingerprint density at radius 2 is 1.46 bits per heavy atom. The maximum Gasteiger partial charge on any atom is 0.433 e. The van der Waals surface area contributed by atoms with Gasteiger partial charge in [-0.2, -0.15) is 13.2 Å². The van der Waals surface area contributed by atoms with Crippen LogP contribution in [-0.4, -0.2) is 41.0 Å². The van der Waals surface area contributed by atoms with Crippen LogP contribution in [0.2, 0.25) is 0 Å². The van der Waals surface area contributed by atoms with Crippen LogP contribution in [-0.2, 0) is 19.3 Å². The van der Waals surface area contributed by atoms with E-state index >= 15 is 0 Å². The standard InChI is InChI=1S/C18H18F5N3/c19-15-8-13(9-16(20)10-15)11-25-4-6-26(7-5-25)12-14-2-1-3-24-17(14)18(21,22)23/h1-3,8-10H,4-7,11-12H2. The predicted molar refractivity (Wildman–Crippen MR) is 86.2 cm³/mol. The van der Waals surface area contributed by atoms with Crippen LogP contribution in [0.25, 0.3) is 0 Å². The van der Waals surface area contributed by atoms with Crippen LogP contribution in [0.4, 0.5) is 22.0 Å². The molecule has 0 aliphatic carbocycles. The van der Waals surface area contributed by atoms with Gasteiger partial charge in [-0.1, -0.05) is 6.07 Å². The molecule has 8 heteroatoms. The summed E-state index contributed by atoms with van der Waals surface area (Å²) in [6.45, 7) is 2.95. The molecule has 26 heavy (non-hydrogen) atoms. The molecule has 1 saturated heterocycles. The maximum atomic E-state index is 13.3. The number of pyridine rings is 1. The molecular weight excluding hydrogens is 353 g/mol. The summed E-state index contributed by atoms with van der Waals surface area (Å²) in [6, 6.07) is 6.35. The lowest BCUT2D eigenvalue weighted by atomic mass is 10.1. The van der Waals surface area contributed by atoms with Gasteiger partial charge in [0.05, 0.1) is 0 Å². The molecule has 1 aliphatic heterocycles. The normalized spacial score (nSPS) is 16.8. The molecule has 2 aromatic rings. The lowest BCUT2D eigenvalue weighted by molar-refractivity contribution is -0.142. The van der Waals surface area contributed by atoms with Crippen LogP contribution in [0, 0.1) is 11.6 Å². The highest BCUT2D eigenvalue weighted by atomic mass is 19.4. The quantitative estimate of drug-likeness (QED) is 0.764. The van der Waals surface area contributed by atoms with Crippen LogP contribution in [0.3, 0.4) is 0 Å². The largest absolute Gasteiger partial charge is 0.433 e. The second-order valence-corrected chi connectivity index (χ2v) is 6.34. The van der Waals surface area contributed by atoms with Crippen molar-refractivity contribution in [1.29, 1.82) is 0 Å². The van der Waals surface area contributed by atoms with Gasteiger partial charge in [-0.15, -0.1) is 0 Å². The van der Waals surface area contributed by atoms with Crippen molar-refractivity contribution in [2.45, 2.75) is 19.3 Å². The SMILES string of the molecule is Fc1cc(F)cc(CN2CCN(Cc3cccnc3C(F)(F)F)CC2)c1. The topological polar surface area (TPSA) is 19.4 Å². The van der Waals surface area contributed by atoms with E-state index in [9.17, 15) is 22.0 Å². The summed E-state index contributed by atoms with van der Waals surface area (Å²) >= 11 is 0. The van der Waals surface area contributed by atoms with Gasteiger partial charge in [-0.3, -0.25) is 14.8 Å². The number of nitrogens with zero attached hydrogens (tertiary/aromatic N) is 3. The zero-order valence-corrected chi connectivity index (χ0v) is 13.9. The lowest BCUT2D eigenvalue weighted by Gasteiger charge is -2.35. The van der Waals surface area contributed by atoms with E-state index in [1.165, 1.54) is 24.3 Å². The predicted octanol–water partition coefficient (Wildman–Crippen LogP) is 3.70. The Bertz CT molecular complexity index is 734. The second-order valence-electron chi connectivity index (χ2n) is 6.34. The third-order valence-corrected chi connectivity index (χ3v) is 4.35. The fourth-order valence-corrected chi connectivity index (χ4v) is 3.13. The number of halogens is 5. The molecule has 1 aliphatic rings. The molecule has 0 saturated carbocycles. The highest BCUT2D eigenvalue weighted by Gasteiger charge is 2.35. The highest BCUT2D eigenvalue weighted by Crippen LogP contribution is 2.30. The molecule has 0 bridgehead atoms. The van der Waals surface area contributed by atoms with Crippen molar-refractivity contribution in [2.24, 2.45) is 0 Å². The maximum absolute atomic E-state index is 13.3. The molecule has 1 fully saturated rings. The van der Waals surface area contributed by atoms with Crippen molar-refractivity contribution in [2.75, 3.05) is 26.2 Å². The fraction of sp³-hybridized carbons (Fsp3) is 0.389. The van der Waals surface area contributed by atoms with Crippen molar-refractivity contribution in [1.82, 2.24) is 14.8 Å². The molecular formula is C18H18F5N3. The van der Waals surface area contributed by atoms with E-state index in [1.54, 1.807) is 0 Å². The van der Waals surface area contributed by atoms with Crippen molar-refractivity contribution < 1.29 is 22.0 Å². The number of hydrogen-bond acceptors (Lipinski definition) is 3. The van der Waals surface area contributed by atoms with Gasteiger partial charge < -0.3 is 0 Å².